The highest BCUT2D eigenvalue weighted by Gasteiger charge is 2.77. The molecule has 2 bridgehead atoms. The Morgan fingerprint density at radius 3 is 2.50 bits per heavy atom. The summed E-state index contributed by atoms with van der Waals surface area (Å²) in [7, 11) is 0. The Bertz CT molecular complexity index is 215. The Balaban J connectivity index is 2.16. The predicted octanol–water partition coefficient (Wildman–Crippen LogP) is 2.71. The lowest BCUT2D eigenvalue weighted by molar-refractivity contribution is 0.594. The van der Waals surface area contributed by atoms with Gasteiger partial charge in [0.2, 0.25) is 0 Å². The summed E-state index contributed by atoms with van der Waals surface area (Å²) in [6.45, 7) is 0. The molecule has 2 saturated carbocycles. The van der Waals surface area contributed by atoms with Crippen LogP contribution in [0.25, 0.3) is 0 Å². The Kier molecular flexibility index (Phi) is 0.826. The molecule has 0 aliphatic heterocycles. The molecule has 0 radical (unpaired) electrons. The Labute approximate surface area is 73.8 Å². The maximum Gasteiger partial charge on any atom is 0.0682 e. The van der Waals surface area contributed by atoms with Crippen molar-refractivity contribution in [1.29, 1.82) is 0 Å². The van der Waals surface area contributed by atoms with Gasteiger partial charge < -0.3 is 0 Å². The molecule has 54 valence electrons. The molecule has 10 heavy (non-hydrogen) atoms. The van der Waals surface area contributed by atoms with Gasteiger partial charge in [-0.05, 0) is 24.7 Å². The zero-order chi connectivity index (χ0) is 6.98. The SMILES string of the molecule is Cl[C@@]12C[C@]1(Br)[C@@H]1C=C[C@H]2C1. The van der Waals surface area contributed by atoms with E-state index in [9.17, 15) is 0 Å². The summed E-state index contributed by atoms with van der Waals surface area (Å²) >= 11 is 10.1. The average Bonchev–Trinajstić information content (AvgIpc) is 2.25. The van der Waals surface area contributed by atoms with E-state index in [1.54, 1.807) is 0 Å². The molecule has 3 aliphatic rings. The second kappa shape index (κ2) is 1.36. The molecule has 0 nitrogen and oxygen atoms in total. The van der Waals surface area contributed by atoms with Crippen LogP contribution >= 0.6 is 27.5 Å². The van der Waals surface area contributed by atoms with Gasteiger partial charge in [0.15, 0.2) is 0 Å². The maximum atomic E-state index is 6.38. The van der Waals surface area contributed by atoms with E-state index in [0.717, 1.165) is 5.92 Å². The van der Waals surface area contributed by atoms with Crippen LogP contribution in [0, 0.1) is 11.8 Å². The highest BCUT2D eigenvalue weighted by Crippen LogP contribution is 2.76. The first-order valence-corrected chi connectivity index (χ1v) is 4.90. The Hall–Kier alpha value is 0.510. The molecule has 0 spiro atoms. The van der Waals surface area contributed by atoms with E-state index in [0.29, 0.717) is 10.2 Å². The molecular formula is C8H8BrCl. The third-order valence-corrected chi connectivity index (χ3v) is 5.89. The van der Waals surface area contributed by atoms with Crippen molar-refractivity contribution in [3.63, 3.8) is 0 Å². The molecule has 0 unspecified atom stereocenters. The van der Waals surface area contributed by atoms with Crippen molar-refractivity contribution in [1.82, 2.24) is 0 Å². The molecular weight excluding hydrogens is 211 g/mol. The monoisotopic (exact) mass is 218 g/mol. The third-order valence-electron chi connectivity index (χ3n) is 3.34. The van der Waals surface area contributed by atoms with Gasteiger partial charge in [-0.3, -0.25) is 0 Å². The second-order valence-electron chi connectivity index (χ2n) is 3.74. The normalized spacial score (nSPS) is 68.6. The van der Waals surface area contributed by atoms with E-state index in [1.165, 1.54) is 12.8 Å². The van der Waals surface area contributed by atoms with Gasteiger partial charge in [-0.15, -0.1) is 11.6 Å². The van der Waals surface area contributed by atoms with Crippen molar-refractivity contribution in [3.8, 4) is 0 Å². The molecule has 4 atom stereocenters. The molecule has 0 N–H and O–H groups in total. The van der Waals surface area contributed by atoms with Gasteiger partial charge in [0.1, 0.15) is 0 Å². The summed E-state index contributed by atoms with van der Waals surface area (Å²) < 4.78 is 0.307. The molecule has 0 heterocycles. The molecule has 2 heteroatoms. The summed E-state index contributed by atoms with van der Waals surface area (Å²) in [5.74, 6) is 1.40. The van der Waals surface area contributed by atoms with Gasteiger partial charge in [0, 0.05) is 0 Å². The quantitative estimate of drug-likeness (QED) is 0.434. The van der Waals surface area contributed by atoms with Crippen molar-refractivity contribution in [2.75, 3.05) is 0 Å². The van der Waals surface area contributed by atoms with E-state index in [-0.39, 0.29) is 4.87 Å². The summed E-state index contributed by atoms with van der Waals surface area (Å²) in [6.07, 6.45) is 7.08. The number of allylic oxidation sites excluding steroid dienone is 2. The fourth-order valence-electron chi connectivity index (χ4n) is 2.59. The fourth-order valence-corrected chi connectivity index (χ4v) is 4.34. The molecule has 2 fully saturated rings. The molecule has 0 aromatic heterocycles. The summed E-state index contributed by atoms with van der Waals surface area (Å²) in [6, 6.07) is 0. The Morgan fingerprint density at radius 2 is 2.10 bits per heavy atom. The number of halogens is 2. The van der Waals surface area contributed by atoms with Gasteiger partial charge in [0.25, 0.3) is 0 Å². The van der Waals surface area contributed by atoms with Crippen LogP contribution < -0.4 is 0 Å². The molecule has 3 rings (SSSR count). The first kappa shape index (κ1) is 6.07. The lowest BCUT2D eigenvalue weighted by atomic mass is 10.1. The number of hydrogen-bond acceptors (Lipinski definition) is 0. The second-order valence-corrected chi connectivity index (χ2v) is 5.82. The van der Waals surface area contributed by atoms with Crippen LogP contribution in [0.5, 0.6) is 0 Å². The molecule has 0 amide bonds. The van der Waals surface area contributed by atoms with Gasteiger partial charge in [0.05, 0.1) is 9.20 Å². The average molecular weight is 220 g/mol. The Morgan fingerprint density at radius 1 is 1.40 bits per heavy atom. The lowest BCUT2D eigenvalue weighted by Crippen LogP contribution is -2.18. The van der Waals surface area contributed by atoms with Crippen LogP contribution in [0.4, 0.5) is 0 Å². The highest BCUT2D eigenvalue weighted by molar-refractivity contribution is 9.10. The van der Waals surface area contributed by atoms with Crippen LogP contribution in [-0.4, -0.2) is 9.20 Å². The number of alkyl halides is 2. The summed E-state index contributed by atoms with van der Waals surface area (Å²) in [4.78, 5) is 0.117. The maximum absolute atomic E-state index is 6.38. The van der Waals surface area contributed by atoms with E-state index in [2.05, 4.69) is 28.1 Å². The van der Waals surface area contributed by atoms with Crippen LogP contribution in [0.15, 0.2) is 12.2 Å². The van der Waals surface area contributed by atoms with E-state index < -0.39 is 0 Å². The summed E-state index contributed by atoms with van der Waals surface area (Å²) in [5.41, 5.74) is 0. The smallest absolute Gasteiger partial charge is 0.0682 e. The molecule has 0 aromatic carbocycles. The van der Waals surface area contributed by atoms with Gasteiger partial charge in [-0.1, -0.05) is 28.1 Å². The van der Waals surface area contributed by atoms with Crippen LogP contribution in [0.1, 0.15) is 12.8 Å². The summed E-state index contributed by atoms with van der Waals surface area (Å²) in [5, 5.41) is 0. The van der Waals surface area contributed by atoms with Gasteiger partial charge in [-0.25, -0.2) is 0 Å². The molecule has 0 saturated heterocycles. The largest absolute Gasteiger partial charge is 0.117 e. The van der Waals surface area contributed by atoms with Gasteiger partial charge >= 0.3 is 0 Å². The number of fused-ring (bicyclic) bond motifs is 5. The number of hydrogen-bond donors (Lipinski definition) is 0. The van der Waals surface area contributed by atoms with Crippen molar-refractivity contribution < 1.29 is 0 Å². The van der Waals surface area contributed by atoms with Crippen molar-refractivity contribution in [2.24, 2.45) is 11.8 Å². The van der Waals surface area contributed by atoms with Crippen molar-refractivity contribution in [2.45, 2.75) is 22.0 Å². The molecule has 3 aliphatic carbocycles. The van der Waals surface area contributed by atoms with Crippen LogP contribution in [-0.2, 0) is 0 Å². The van der Waals surface area contributed by atoms with E-state index in [4.69, 9.17) is 11.6 Å². The zero-order valence-electron chi connectivity index (χ0n) is 5.48. The van der Waals surface area contributed by atoms with Crippen LogP contribution in [0.3, 0.4) is 0 Å². The van der Waals surface area contributed by atoms with Crippen LogP contribution in [0.2, 0.25) is 0 Å². The van der Waals surface area contributed by atoms with E-state index in [1.807, 2.05) is 0 Å². The lowest BCUT2D eigenvalue weighted by Gasteiger charge is -2.14. The van der Waals surface area contributed by atoms with E-state index >= 15 is 0 Å². The topological polar surface area (TPSA) is 0 Å². The zero-order valence-corrected chi connectivity index (χ0v) is 7.82. The standard InChI is InChI=1S/C8H8BrCl/c9-7-4-8(7,10)6-2-1-5(7)3-6/h1-2,5-6H,3-4H2/t5-,6+,7+,8-/m1/s1. The first-order chi connectivity index (χ1) is 4.67. The fraction of sp³-hybridized carbons (Fsp3) is 0.750. The third kappa shape index (κ3) is 0.403. The minimum atomic E-state index is 0.117. The minimum absolute atomic E-state index is 0.117. The minimum Gasteiger partial charge on any atom is -0.117 e. The van der Waals surface area contributed by atoms with Gasteiger partial charge in [-0.2, -0.15) is 0 Å². The molecule has 0 aromatic rings. The highest BCUT2D eigenvalue weighted by atomic mass is 79.9. The van der Waals surface area contributed by atoms with Crippen molar-refractivity contribution >= 4 is 27.5 Å². The predicted molar refractivity (Wildman–Crippen MR) is 45.6 cm³/mol. The first-order valence-electron chi connectivity index (χ1n) is 3.73. The number of rotatable bonds is 0. The van der Waals surface area contributed by atoms with Crippen molar-refractivity contribution in [3.05, 3.63) is 12.2 Å².